The van der Waals surface area contributed by atoms with Gasteiger partial charge in [0.2, 0.25) is 0 Å². The number of likely N-dealkylation sites (N-methyl/N-ethyl adjacent to an activating group) is 1. The van der Waals surface area contributed by atoms with Crippen LogP contribution in [0.25, 0.3) is 0 Å². The molecule has 1 aromatic carbocycles. The Kier molecular flexibility index (Phi) is 6.22. The summed E-state index contributed by atoms with van der Waals surface area (Å²) in [5.41, 5.74) is -0.554. The zero-order valence-corrected chi connectivity index (χ0v) is 13.8. The Hall–Kier alpha value is -2.24. The topological polar surface area (TPSA) is 67.9 Å². The van der Waals surface area contributed by atoms with Gasteiger partial charge in [-0.3, -0.25) is 0 Å². The van der Waals surface area contributed by atoms with E-state index in [0.717, 1.165) is 0 Å². The number of nitrogens with zero attached hydrogens (tertiary/aromatic N) is 1. The van der Waals surface area contributed by atoms with Crippen molar-refractivity contribution in [3.8, 4) is 5.75 Å². The molecule has 1 N–H and O–H groups in total. The van der Waals surface area contributed by atoms with Gasteiger partial charge in [-0.2, -0.15) is 0 Å². The van der Waals surface area contributed by atoms with Crippen LogP contribution in [0.2, 0.25) is 0 Å². The normalized spacial score (nSPS) is 12.2. The highest BCUT2D eigenvalue weighted by molar-refractivity contribution is 5.71. The SMILES string of the molecule is C[C@@H](CN(C)C(=O)Oc1ccccc1)NC(=O)OC(C)(C)C. The average Bonchev–Trinajstić information content (AvgIpc) is 2.36. The number of para-hydroxylation sites is 1. The first-order chi connectivity index (χ1) is 10.2. The number of carbonyl (C=O) groups excluding carboxylic acids is 2. The van der Waals surface area contributed by atoms with E-state index in [1.54, 1.807) is 59.0 Å². The number of ether oxygens (including phenoxy) is 2. The van der Waals surface area contributed by atoms with Crippen molar-refractivity contribution >= 4 is 12.2 Å². The number of nitrogens with one attached hydrogen (secondary N) is 1. The molecular weight excluding hydrogens is 284 g/mol. The summed E-state index contributed by atoms with van der Waals surface area (Å²) in [5, 5.41) is 2.68. The molecule has 1 rings (SSSR count). The van der Waals surface area contributed by atoms with Crippen LogP contribution in [0.3, 0.4) is 0 Å². The van der Waals surface area contributed by atoms with Gasteiger partial charge in [-0.05, 0) is 39.8 Å². The maximum Gasteiger partial charge on any atom is 0.415 e. The van der Waals surface area contributed by atoms with Crippen molar-refractivity contribution in [1.29, 1.82) is 0 Å². The number of hydrogen-bond donors (Lipinski definition) is 1. The first kappa shape index (κ1) is 17.8. The zero-order chi connectivity index (χ0) is 16.8. The lowest BCUT2D eigenvalue weighted by molar-refractivity contribution is 0.0499. The Balaban J connectivity index is 2.41. The molecule has 22 heavy (non-hydrogen) atoms. The summed E-state index contributed by atoms with van der Waals surface area (Å²) >= 11 is 0. The molecular formula is C16H24N2O4. The number of alkyl carbamates (subject to hydrolysis) is 1. The Morgan fingerprint density at radius 3 is 2.36 bits per heavy atom. The van der Waals surface area contributed by atoms with Gasteiger partial charge in [0.15, 0.2) is 0 Å². The monoisotopic (exact) mass is 308 g/mol. The first-order valence-electron chi connectivity index (χ1n) is 7.15. The van der Waals surface area contributed by atoms with Gasteiger partial charge in [-0.1, -0.05) is 18.2 Å². The average molecular weight is 308 g/mol. The minimum absolute atomic E-state index is 0.261. The minimum Gasteiger partial charge on any atom is -0.444 e. The van der Waals surface area contributed by atoms with Crippen molar-refractivity contribution in [2.45, 2.75) is 39.3 Å². The lowest BCUT2D eigenvalue weighted by atomic mass is 10.2. The van der Waals surface area contributed by atoms with E-state index in [9.17, 15) is 9.59 Å². The molecule has 0 fully saturated rings. The third-order valence-electron chi connectivity index (χ3n) is 2.57. The molecule has 2 amide bonds. The van der Waals surface area contributed by atoms with Gasteiger partial charge < -0.3 is 19.7 Å². The number of hydrogen-bond acceptors (Lipinski definition) is 4. The summed E-state index contributed by atoms with van der Waals surface area (Å²) in [6.45, 7) is 7.48. The van der Waals surface area contributed by atoms with Gasteiger partial charge in [0.05, 0.1) is 0 Å². The molecule has 122 valence electrons. The Morgan fingerprint density at radius 1 is 1.23 bits per heavy atom. The number of rotatable bonds is 4. The molecule has 0 unspecified atom stereocenters. The Morgan fingerprint density at radius 2 is 1.82 bits per heavy atom. The van der Waals surface area contributed by atoms with Crippen LogP contribution in [-0.2, 0) is 4.74 Å². The highest BCUT2D eigenvalue weighted by Crippen LogP contribution is 2.10. The van der Waals surface area contributed by atoms with E-state index < -0.39 is 17.8 Å². The standard InChI is InChI=1S/C16H24N2O4/c1-12(17-14(19)22-16(2,3)4)11-18(5)15(20)21-13-9-7-6-8-10-13/h6-10,12H,11H2,1-5H3,(H,17,19)/t12-/m0/s1. The molecule has 0 aliphatic heterocycles. The summed E-state index contributed by atoms with van der Waals surface area (Å²) in [5.74, 6) is 0.479. The zero-order valence-electron chi connectivity index (χ0n) is 13.8. The van der Waals surface area contributed by atoms with Gasteiger partial charge in [0.25, 0.3) is 0 Å². The summed E-state index contributed by atoms with van der Waals surface area (Å²) in [6, 6.07) is 8.56. The molecule has 0 saturated heterocycles. The van der Waals surface area contributed by atoms with Crippen molar-refractivity contribution < 1.29 is 19.1 Å². The van der Waals surface area contributed by atoms with Crippen molar-refractivity contribution in [3.63, 3.8) is 0 Å². The van der Waals surface area contributed by atoms with Crippen molar-refractivity contribution in [1.82, 2.24) is 10.2 Å². The molecule has 0 aliphatic rings. The van der Waals surface area contributed by atoms with Crippen LogP contribution in [0.5, 0.6) is 5.75 Å². The second-order valence-corrected chi connectivity index (χ2v) is 6.11. The number of benzene rings is 1. The summed E-state index contributed by atoms with van der Waals surface area (Å²) in [6.07, 6.45) is -0.992. The van der Waals surface area contributed by atoms with Gasteiger partial charge >= 0.3 is 12.2 Å². The van der Waals surface area contributed by atoms with Crippen LogP contribution >= 0.6 is 0 Å². The second-order valence-electron chi connectivity index (χ2n) is 6.11. The van der Waals surface area contributed by atoms with Gasteiger partial charge in [0.1, 0.15) is 11.4 Å². The highest BCUT2D eigenvalue weighted by atomic mass is 16.6. The van der Waals surface area contributed by atoms with Crippen LogP contribution in [0, 0.1) is 0 Å². The van der Waals surface area contributed by atoms with Crippen LogP contribution in [0.15, 0.2) is 30.3 Å². The van der Waals surface area contributed by atoms with E-state index in [-0.39, 0.29) is 6.04 Å². The maximum atomic E-state index is 11.9. The fourth-order valence-corrected chi connectivity index (χ4v) is 1.71. The first-order valence-corrected chi connectivity index (χ1v) is 7.15. The van der Waals surface area contributed by atoms with Gasteiger partial charge in [-0.15, -0.1) is 0 Å². The molecule has 0 aliphatic carbocycles. The number of amides is 2. The summed E-state index contributed by atoms with van der Waals surface area (Å²) in [7, 11) is 1.61. The van der Waals surface area contributed by atoms with Crippen LogP contribution in [0.1, 0.15) is 27.7 Å². The molecule has 0 spiro atoms. The van der Waals surface area contributed by atoms with Crippen LogP contribution in [-0.4, -0.2) is 42.3 Å². The van der Waals surface area contributed by atoms with E-state index in [1.165, 1.54) is 4.90 Å². The number of carbonyl (C=O) groups is 2. The molecule has 6 nitrogen and oxygen atoms in total. The molecule has 0 heterocycles. The Labute approximate surface area is 131 Å². The summed E-state index contributed by atoms with van der Waals surface area (Å²) in [4.78, 5) is 25.0. The van der Waals surface area contributed by atoms with Crippen LogP contribution < -0.4 is 10.1 Å². The fourth-order valence-electron chi connectivity index (χ4n) is 1.71. The highest BCUT2D eigenvalue weighted by Gasteiger charge is 2.20. The molecule has 6 heteroatoms. The lowest BCUT2D eigenvalue weighted by Crippen LogP contribution is -2.45. The van der Waals surface area contributed by atoms with Crippen molar-refractivity contribution in [2.75, 3.05) is 13.6 Å². The van der Waals surface area contributed by atoms with E-state index >= 15 is 0 Å². The molecule has 1 aromatic rings. The Bertz CT molecular complexity index is 497. The predicted octanol–water partition coefficient (Wildman–Crippen LogP) is 3.03. The third kappa shape index (κ3) is 6.97. The van der Waals surface area contributed by atoms with E-state index in [0.29, 0.717) is 12.3 Å². The fraction of sp³-hybridized carbons (Fsp3) is 0.500. The minimum atomic E-state index is -0.554. The third-order valence-corrected chi connectivity index (χ3v) is 2.57. The second kappa shape index (κ2) is 7.68. The molecule has 0 bridgehead atoms. The van der Waals surface area contributed by atoms with Gasteiger partial charge in [-0.25, -0.2) is 9.59 Å². The molecule has 0 aromatic heterocycles. The molecule has 0 saturated carbocycles. The summed E-state index contributed by atoms with van der Waals surface area (Å²) < 4.78 is 10.4. The quantitative estimate of drug-likeness (QED) is 0.928. The van der Waals surface area contributed by atoms with Crippen LogP contribution in [0.4, 0.5) is 9.59 Å². The maximum absolute atomic E-state index is 11.9. The molecule has 0 radical (unpaired) electrons. The van der Waals surface area contributed by atoms with E-state index in [2.05, 4.69) is 5.32 Å². The van der Waals surface area contributed by atoms with Crippen molar-refractivity contribution in [3.05, 3.63) is 30.3 Å². The lowest BCUT2D eigenvalue weighted by Gasteiger charge is -2.24. The largest absolute Gasteiger partial charge is 0.444 e. The van der Waals surface area contributed by atoms with Gasteiger partial charge in [0, 0.05) is 19.6 Å². The van der Waals surface area contributed by atoms with E-state index in [4.69, 9.17) is 9.47 Å². The predicted molar refractivity (Wildman–Crippen MR) is 83.9 cm³/mol. The van der Waals surface area contributed by atoms with E-state index in [1.807, 2.05) is 6.07 Å². The smallest absolute Gasteiger partial charge is 0.415 e. The van der Waals surface area contributed by atoms with Crippen molar-refractivity contribution in [2.24, 2.45) is 0 Å². The molecule has 1 atom stereocenters.